The van der Waals surface area contributed by atoms with Crippen LogP contribution in [0.1, 0.15) is 52.9 Å². The topological polar surface area (TPSA) is 193 Å². The lowest BCUT2D eigenvalue weighted by atomic mass is 10.1. The highest BCUT2D eigenvalue weighted by Gasteiger charge is 2.22. The van der Waals surface area contributed by atoms with E-state index in [1.807, 2.05) is 13.8 Å². The van der Waals surface area contributed by atoms with Crippen molar-refractivity contribution in [2.45, 2.75) is 52.9 Å². The Bertz CT molecular complexity index is 1030. The number of hydrogen-bond acceptors (Lipinski definition) is 12. The van der Waals surface area contributed by atoms with Crippen LogP contribution in [-0.4, -0.2) is 113 Å². The minimum absolute atomic E-state index is 0.0160. The molecule has 0 aromatic heterocycles. The molecule has 1 heterocycles. The lowest BCUT2D eigenvalue weighted by Gasteiger charge is -2.27. The lowest BCUT2D eigenvalue weighted by molar-refractivity contribution is -0.146. The number of morpholine rings is 1. The number of rotatable bonds is 16. The summed E-state index contributed by atoms with van der Waals surface area (Å²) in [6.07, 6.45) is 5.29. The number of ether oxygens (including phenoxy) is 5. The molecule has 0 spiro atoms. The molecular weight excluding hydrogens is 582 g/mol. The standard InChI is InChI=1S/C17H28N2O6.C12H17NO6/c1-4-6-8-18-14(20)11-24-16(22)10-13(3)17(23)25-12-15(21)19-9-7-5-2;1-17-11(15)8-9(12(16)18-2)7-10(14)13-3-5-19-6-4-13/h10H,4-9,11-12H2,1-3H3,(H,18,20)(H,19,21);8H,3-7H2,1-2H3/b13-10+;9-8+. The molecule has 1 aliphatic rings. The van der Waals surface area contributed by atoms with Crippen LogP contribution in [0.25, 0.3) is 0 Å². The second-order valence-corrected chi connectivity index (χ2v) is 9.27. The van der Waals surface area contributed by atoms with Crippen LogP contribution in [0.2, 0.25) is 0 Å². The first kappa shape index (κ1) is 39.7. The summed E-state index contributed by atoms with van der Waals surface area (Å²) in [7, 11) is 2.38. The molecule has 15 heteroatoms. The third-order valence-corrected chi connectivity index (χ3v) is 5.69. The van der Waals surface area contributed by atoms with Crippen LogP contribution in [0.5, 0.6) is 0 Å². The fourth-order valence-corrected chi connectivity index (χ4v) is 3.17. The molecule has 0 radical (unpaired) electrons. The van der Waals surface area contributed by atoms with Crippen LogP contribution in [0.3, 0.4) is 0 Å². The van der Waals surface area contributed by atoms with Crippen molar-refractivity contribution < 1.29 is 57.2 Å². The van der Waals surface area contributed by atoms with Gasteiger partial charge in [0.25, 0.3) is 11.8 Å². The average Bonchev–Trinajstić information content (AvgIpc) is 3.02. The summed E-state index contributed by atoms with van der Waals surface area (Å²) in [5.41, 5.74) is -0.0383. The van der Waals surface area contributed by atoms with Gasteiger partial charge in [0.2, 0.25) is 5.91 Å². The highest BCUT2D eigenvalue weighted by Crippen LogP contribution is 2.09. The van der Waals surface area contributed by atoms with Crippen molar-refractivity contribution in [1.82, 2.24) is 15.5 Å². The summed E-state index contributed by atoms with van der Waals surface area (Å²) in [6, 6.07) is 0. The van der Waals surface area contributed by atoms with Gasteiger partial charge in [0.15, 0.2) is 13.2 Å². The SMILES string of the molecule is CCCCNC(=O)COC(=O)/C=C(\C)C(=O)OCC(=O)NCCCC.COC(=O)/C=C(\CC(=O)N1CCOCC1)C(=O)OC. The zero-order valence-corrected chi connectivity index (χ0v) is 26.2. The Labute approximate surface area is 257 Å². The molecule has 0 saturated carbocycles. The van der Waals surface area contributed by atoms with Crippen LogP contribution in [0.4, 0.5) is 0 Å². The van der Waals surface area contributed by atoms with Gasteiger partial charge in [0, 0.05) is 43.9 Å². The Morgan fingerprint density at radius 2 is 1.30 bits per heavy atom. The Morgan fingerprint density at radius 1 is 0.750 bits per heavy atom. The van der Waals surface area contributed by atoms with Crippen LogP contribution in [0.15, 0.2) is 23.3 Å². The number of carbonyl (C=O) groups excluding carboxylic acids is 7. The second kappa shape index (κ2) is 24.2. The highest BCUT2D eigenvalue weighted by atomic mass is 16.5. The van der Waals surface area contributed by atoms with E-state index in [9.17, 15) is 33.6 Å². The number of esters is 4. The van der Waals surface area contributed by atoms with Gasteiger partial charge in [0.05, 0.1) is 39.4 Å². The van der Waals surface area contributed by atoms with Crippen molar-refractivity contribution in [2.75, 3.05) is 66.8 Å². The molecule has 15 nitrogen and oxygen atoms in total. The van der Waals surface area contributed by atoms with Gasteiger partial charge in [-0.2, -0.15) is 0 Å². The lowest BCUT2D eigenvalue weighted by Crippen LogP contribution is -2.41. The van der Waals surface area contributed by atoms with Crippen molar-refractivity contribution in [3.8, 4) is 0 Å². The van der Waals surface area contributed by atoms with Crippen molar-refractivity contribution in [1.29, 1.82) is 0 Å². The zero-order valence-electron chi connectivity index (χ0n) is 26.2. The van der Waals surface area contributed by atoms with Gasteiger partial charge < -0.3 is 39.2 Å². The van der Waals surface area contributed by atoms with E-state index in [1.165, 1.54) is 21.1 Å². The summed E-state index contributed by atoms with van der Waals surface area (Å²) in [6.45, 7) is 7.46. The zero-order chi connectivity index (χ0) is 33.3. The Hall–Kier alpha value is -4.27. The summed E-state index contributed by atoms with van der Waals surface area (Å²) < 4.78 is 23.6. The maximum absolute atomic E-state index is 12.0. The first-order chi connectivity index (χ1) is 21.0. The number of amides is 3. The van der Waals surface area contributed by atoms with Crippen LogP contribution in [0, 0.1) is 0 Å². The minimum Gasteiger partial charge on any atom is -0.466 e. The monoisotopic (exact) mass is 627 g/mol. The fourth-order valence-electron chi connectivity index (χ4n) is 3.17. The number of hydrogen-bond donors (Lipinski definition) is 2. The van der Waals surface area contributed by atoms with E-state index in [1.54, 1.807) is 4.90 Å². The van der Waals surface area contributed by atoms with Gasteiger partial charge in [-0.25, -0.2) is 19.2 Å². The molecular formula is C29H45N3O12. The van der Waals surface area contributed by atoms with Gasteiger partial charge in [-0.1, -0.05) is 26.7 Å². The van der Waals surface area contributed by atoms with E-state index in [2.05, 4.69) is 20.1 Å². The first-order valence-corrected chi connectivity index (χ1v) is 14.3. The molecule has 0 aromatic rings. The molecule has 1 aliphatic heterocycles. The summed E-state index contributed by atoms with van der Waals surface area (Å²) in [5, 5.41) is 5.20. The van der Waals surface area contributed by atoms with E-state index in [-0.39, 0.29) is 23.5 Å². The van der Waals surface area contributed by atoms with Crippen molar-refractivity contribution in [2.24, 2.45) is 0 Å². The van der Waals surface area contributed by atoms with Gasteiger partial charge in [-0.05, 0) is 19.8 Å². The average molecular weight is 628 g/mol. The van der Waals surface area contributed by atoms with Gasteiger partial charge in [0.1, 0.15) is 0 Å². The van der Waals surface area contributed by atoms with E-state index >= 15 is 0 Å². The Balaban J connectivity index is 0.000000870. The Kier molecular flexibility index (Phi) is 21.9. The van der Waals surface area contributed by atoms with E-state index in [0.29, 0.717) is 39.4 Å². The van der Waals surface area contributed by atoms with Crippen molar-refractivity contribution in [3.05, 3.63) is 23.3 Å². The number of methoxy groups -OCH3 is 2. The highest BCUT2D eigenvalue weighted by molar-refractivity contribution is 6.00. The number of unbranched alkanes of at least 4 members (excludes halogenated alkanes) is 2. The van der Waals surface area contributed by atoms with E-state index < -0.39 is 48.9 Å². The maximum Gasteiger partial charge on any atom is 0.334 e. The predicted molar refractivity (Wildman–Crippen MR) is 156 cm³/mol. The number of nitrogens with one attached hydrogen (secondary N) is 2. The normalized spacial score (nSPS) is 13.0. The second-order valence-electron chi connectivity index (χ2n) is 9.27. The van der Waals surface area contributed by atoms with Crippen LogP contribution >= 0.6 is 0 Å². The van der Waals surface area contributed by atoms with E-state index in [4.69, 9.17) is 14.2 Å². The fraction of sp³-hybridized carbons (Fsp3) is 0.621. The Morgan fingerprint density at radius 3 is 1.80 bits per heavy atom. The van der Waals surface area contributed by atoms with E-state index in [0.717, 1.165) is 37.8 Å². The summed E-state index contributed by atoms with van der Waals surface area (Å²) in [5.74, 6) is -4.09. The molecule has 0 bridgehead atoms. The summed E-state index contributed by atoms with van der Waals surface area (Å²) in [4.78, 5) is 82.2. The molecule has 3 amide bonds. The maximum atomic E-state index is 12.0. The molecule has 0 atom stereocenters. The van der Waals surface area contributed by atoms with Gasteiger partial charge in [-0.3, -0.25) is 14.4 Å². The first-order valence-electron chi connectivity index (χ1n) is 14.3. The molecule has 1 saturated heterocycles. The third-order valence-electron chi connectivity index (χ3n) is 5.69. The largest absolute Gasteiger partial charge is 0.466 e. The molecule has 2 N–H and O–H groups in total. The third kappa shape index (κ3) is 19.0. The summed E-state index contributed by atoms with van der Waals surface area (Å²) >= 11 is 0. The molecule has 1 fully saturated rings. The molecule has 44 heavy (non-hydrogen) atoms. The van der Waals surface area contributed by atoms with Crippen LogP contribution < -0.4 is 10.6 Å². The molecule has 0 aliphatic carbocycles. The quantitative estimate of drug-likeness (QED) is 0.103. The van der Waals surface area contributed by atoms with Crippen LogP contribution in [-0.2, 0) is 57.2 Å². The number of nitrogens with zero attached hydrogens (tertiary/aromatic N) is 1. The smallest absolute Gasteiger partial charge is 0.334 e. The predicted octanol–water partition coefficient (Wildman–Crippen LogP) is 0.359. The van der Waals surface area contributed by atoms with Gasteiger partial charge >= 0.3 is 23.9 Å². The van der Waals surface area contributed by atoms with Crippen molar-refractivity contribution in [3.63, 3.8) is 0 Å². The minimum atomic E-state index is -0.826. The number of carbonyl (C=O) groups is 7. The molecule has 248 valence electrons. The van der Waals surface area contributed by atoms with Crippen molar-refractivity contribution >= 4 is 41.6 Å². The molecule has 0 unspecified atom stereocenters. The molecule has 1 rings (SSSR count). The molecule has 0 aromatic carbocycles. The van der Waals surface area contributed by atoms with Gasteiger partial charge in [-0.15, -0.1) is 0 Å².